The van der Waals surface area contributed by atoms with E-state index in [9.17, 15) is 8.42 Å². The molecule has 0 bridgehead atoms. The van der Waals surface area contributed by atoms with Crippen LogP contribution in [0.2, 0.25) is 0 Å². The summed E-state index contributed by atoms with van der Waals surface area (Å²) in [5.74, 6) is 1.37. The van der Waals surface area contributed by atoms with Gasteiger partial charge in [0.2, 0.25) is 10.0 Å². The Bertz CT molecular complexity index is 533. The fraction of sp³-hybridized carbons (Fsp3) is 0.941. The van der Waals surface area contributed by atoms with Crippen LogP contribution in [0.1, 0.15) is 39.5 Å². The topological polar surface area (TPSA) is 77.0 Å². The van der Waals surface area contributed by atoms with E-state index in [4.69, 9.17) is 0 Å². The molecule has 25 heavy (non-hydrogen) atoms. The van der Waals surface area contributed by atoms with Gasteiger partial charge < -0.3 is 15.5 Å². The fourth-order valence-electron chi connectivity index (χ4n) is 3.63. The van der Waals surface area contributed by atoms with Crippen LogP contribution in [0, 0.1) is 5.92 Å². The van der Waals surface area contributed by atoms with Gasteiger partial charge in [0, 0.05) is 51.9 Å². The predicted molar refractivity (Wildman–Crippen MR) is 103 cm³/mol. The minimum Gasteiger partial charge on any atom is -0.356 e. The summed E-state index contributed by atoms with van der Waals surface area (Å²) in [4.78, 5) is 6.87. The smallest absolute Gasteiger partial charge is 0.211 e. The highest BCUT2D eigenvalue weighted by molar-refractivity contribution is 7.88. The summed E-state index contributed by atoms with van der Waals surface area (Å²) in [6, 6.07) is 1.10. The second kappa shape index (κ2) is 9.19. The van der Waals surface area contributed by atoms with E-state index < -0.39 is 10.0 Å². The van der Waals surface area contributed by atoms with Gasteiger partial charge in [-0.3, -0.25) is 4.99 Å². The maximum absolute atomic E-state index is 11.6. The molecule has 146 valence electrons. The number of nitrogens with one attached hydrogen (secondary N) is 2. The van der Waals surface area contributed by atoms with Crippen LogP contribution < -0.4 is 10.6 Å². The quantitative estimate of drug-likeness (QED) is 0.548. The second-order valence-corrected chi connectivity index (χ2v) is 9.59. The van der Waals surface area contributed by atoms with Crippen LogP contribution in [0.3, 0.4) is 0 Å². The highest BCUT2D eigenvalue weighted by atomic mass is 32.2. The van der Waals surface area contributed by atoms with Gasteiger partial charge in [-0.2, -0.15) is 0 Å². The summed E-state index contributed by atoms with van der Waals surface area (Å²) in [6.45, 7) is 8.89. The van der Waals surface area contributed by atoms with Crippen molar-refractivity contribution in [2.24, 2.45) is 10.9 Å². The number of hydrogen-bond acceptors (Lipinski definition) is 4. The third kappa shape index (κ3) is 6.42. The summed E-state index contributed by atoms with van der Waals surface area (Å²) in [5.41, 5.74) is 0. The van der Waals surface area contributed by atoms with E-state index in [1.165, 1.54) is 6.26 Å². The molecule has 2 rings (SSSR count). The van der Waals surface area contributed by atoms with Gasteiger partial charge in [-0.15, -0.1) is 0 Å². The number of aliphatic imine (C=N–C) groups is 1. The van der Waals surface area contributed by atoms with Crippen LogP contribution in [-0.2, 0) is 10.0 Å². The maximum atomic E-state index is 11.6. The highest BCUT2D eigenvalue weighted by Crippen LogP contribution is 2.18. The van der Waals surface area contributed by atoms with E-state index in [0.29, 0.717) is 31.1 Å². The summed E-state index contributed by atoms with van der Waals surface area (Å²) in [5, 5.41) is 6.97. The SMILES string of the molecule is CN=C(NCC1CCN(S(C)(=O)=O)CC1)NC1CCN(C(C)C)CC1. The summed E-state index contributed by atoms with van der Waals surface area (Å²) in [7, 11) is -1.23. The van der Waals surface area contributed by atoms with Crippen molar-refractivity contribution in [3.8, 4) is 0 Å². The van der Waals surface area contributed by atoms with Gasteiger partial charge in [-0.1, -0.05) is 0 Å². The van der Waals surface area contributed by atoms with Crippen molar-refractivity contribution in [3.05, 3.63) is 0 Å². The van der Waals surface area contributed by atoms with E-state index in [0.717, 1.165) is 51.3 Å². The zero-order valence-electron chi connectivity index (χ0n) is 16.2. The number of likely N-dealkylation sites (tertiary alicyclic amines) is 1. The van der Waals surface area contributed by atoms with E-state index in [2.05, 4.69) is 34.4 Å². The molecule has 0 aromatic rings. The minimum atomic E-state index is -3.04. The number of hydrogen-bond donors (Lipinski definition) is 2. The number of sulfonamides is 1. The third-order valence-electron chi connectivity index (χ3n) is 5.42. The van der Waals surface area contributed by atoms with Crippen LogP contribution in [0.5, 0.6) is 0 Å². The Morgan fingerprint density at radius 2 is 1.72 bits per heavy atom. The summed E-state index contributed by atoms with van der Waals surface area (Å²) < 4.78 is 24.7. The van der Waals surface area contributed by atoms with Crippen molar-refractivity contribution in [1.29, 1.82) is 0 Å². The molecule has 0 aromatic carbocycles. The maximum Gasteiger partial charge on any atom is 0.211 e. The molecule has 2 saturated heterocycles. The summed E-state index contributed by atoms with van der Waals surface area (Å²) >= 11 is 0. The zero-order valence-corrected chi connectivity index (χ0v) is 17.0. The molecule has 0 unspecified atom stereocenters. The number of nitrogens with zero attached hydrogens (tertiary/aromatic N) is 3. The van der Waals surface area contributed by atoms with Gasteiger partial charge in [0.05, 0.1) is 6.26 Å². The van der Waals surface area contributed by atoms with Crippen LogP contribution >= 0.6 is 0 Å². The molecule has 2 heterocycles. The van der Waals surface area contributed by atoms with Crippen molar-refractivity contribution < 1.29 is 8.42 Å². The van der Waals surface area contributed by atoms with Crippen LogP contribution in [0.4, 0.5) is 0 Å². The van der Waals surface area contributed by atoms with Gasteiger partial charge in [0.15, 0.2) is 5.96 Å². The molecule has 2 aliphatic rings. The second-order valence-electron chi connectivity index (χ2n) is 7.61. The Hall–Kier alpha value is -0.860. The Labute approximate surface area is 153 Å². The molecule has 0 saturated carbocycles. The van der Waals surface area contributed by atoms with Crippen molar-refractivity contribution >= 4 is 16.0 Å². The van der Waals surface area contributed by atoms with Gasteiger partial charge in [0.25, 0.3) is 0 Å². The molecular weight excluding hydrogens is 338 g/mol. The van der Waals surface area contributed by atoms with Crippen molar-refractivity contribution in [2.45, 2.75) is 51.6 Å². The van der Waals surface area contributed by atoms with E-state index in [1.54, 1.807) is 4.31 Å². The molecule has 2 aliphatic heterocycles. The Kier molecular flexibility index (Phi) is 7.51. The lowest BCUT2D eigenvalue weighted by atomic mass is 9.98. The van der Waals surface area contributed by atoms with Crippen LogP contribution in [-0.4, -0.2) is 81.7 Å². The minimum absolute atomic E-state index is 0.480. The van der Waals surface area contributed by atoms with E-state index in [-0.39, 0.29) is 0 Å². The van der Waals surface area contributed by atoms with E-state index >= 15 is 0 Å². The van der Waals surface area contributed by atoms with Crippen molar-refractivity contribution in [2.75, 3.05) is 46.0 Å². The molecule has 0 spiro atoms. The molecule has 0 aliphatic carbocycles. The van der Waals surface area contributed by atoms with Gasteiger partial charge >= 0.3 is 0 Å². The molecule has 2 N–H and O–H groups in total. The van der Waals surface area contributed by atoms with E-state index in [1.807, 2.05) is 7.05 Å². The number of guanidine groups is 1. The number of rotatable bonds is 5. The average molecular weight is 374 g/mol. The van der Waals surface area contributed by atoms with Crippen molar-refractivity contribution in [3.63, 3.8) is 0 Å². The fourth-order valence-corrected chi connectivity index (χ4v) is 4.51. The van der Waals surface area contributed by atoms with Crippen molar-refractivity contribution in [1.82, 2.24) is 19.8 Å². The highest BCUT2D eigenvalue weighted by Gasteiger charge is 2.25. The first-order valence-corrected chi connectivity index (χ1v) is 11.3. The third-order valence-corrected chi connectivity index (χ3v) is 6.73. The lowest BCUT2D eigenvalue weighted by Crippen LogP contribution is -2.50. The molecular formula is C17H35N5O2S. The standard InChI is InChI=1S/C17H35N5O2S/c1-14(2)21-9-7-16(8-10-21)20-17(18-3)19-13-15-5-11-22(12-6-15)25(4,23)24/h14-16H,5-13H2,1-4H3,(H2,18,19,20). The monoisotopic (exact) mass is 373 g/mol. The number of piperidine rings is 2. The summed E-state index contributed by atoms with van der Waals surface area (Å²) in [6.07, 6.45) is 5.40. The first kappa shape index (κ1) is 20.5. The molecule has 0 amide bonds. The Morgan fingerprint density at radius 1 is 1.12 bits per heavy atom. The zero-order chi connectivity index (χ0) is 18.4. The lowest BCUT2D eigenvalue weighted by Gasteiger charge is -2.35. The molecule has 8 heteroatoms. The van der Waals surface area contributed by atoms with Gasteiger partial charge in [-0.25, -0.2) is 12.7 Å². The molecule has 0 atom stereocenters. The average Bonchev–Trinajstić information content (AvgIpc) is 2.58. The van der Waals surface area contributed by atoms with Crippen LogP contribution in [0.15, 0.2) is 4.99 Å². The van der Waals surface area contributed by atoms with Gasteiger partial charge in [0.1, 0.15) is 0 Å². The largest absolute Gasteiger partial charge is 0.356 e. The predicted octanol–water partition coefficient (Wildman–Crippen LogP) is 0.696. The first-order valence-electron chi connectivity index (χ1n) is 9.46. The normalized spacial score (nSPS) is 23.2. The molecule has 0 radical (unpaired) electrons. The van der Waals surface area contributed by atoms with Gasteiger partial charge in [-0.05, 0) is 45.4 Å². The van der Waals surface area contributed by atoms with Crippen LogP contribution in [0.25, 0.3) is 0 Å². The molecule has 0 aromatic heterocycles. The molecule has 7 nitrogen and oxygen atoms in total. The first-order chi connectivity index (χ1) is 11.8. The molecule has 2 fully saturated rings. The lowest BCUT2D eigenvalue weighted by molar-refractivity contribution is 0.167. The Balaban J connectivity index is 1.70. The Morgan fingerprint density at radius 3 is 2.20 bits per heavy atom.